The predicted molar refractivity (Wildman–Crippen MR) is 79.9 cm³/mol. The van der Waals surface area contributed by atoms with Crippen LogP contribution in [0.15, 0.2) is 36.4 Å². The Labute approximate surface area is 130 Å². The lowest BCUT2D eigenvalue weighted by molar-refractivity contribution is -0.115. The molecule has 0 radical (unpaired) electrons. The molecule has 2 aromatic rings. The van der Waals surface area contributed by atoms with Gasteiger partial charge in [-0.05, 0) is 30.3 Å². The van der Waals surface area contributed by atoms with E-state index in [9.17, 15) is 9.18 Å². The summed E-state index contributed by atoms with van der Waals surface area (Å²) in [7, 11) is 0. The Bertz CT molecular complexity index is 721. The molecule has 21 heavy (non-hydrogen) atoms. The molecule has 0 saturated carbocycles. The molecule has 2 aromatic carbocycles. The summed E-state index contributed by atoms with van der Waals surface area (Å²) in [6.07, 6.45) is -0.224. The number of nitriles is 1. The van der Waals surface area contributed by atoms with Gasteiger partial charge in [-0.3, -0.25) is 4.79 Å². The molecule has 0 saturated heterocycles. The van der Waals surface area contributed by atoms with Crippen molar-refractivity contribution >= 4 is 34.8 Å². The fourth-order valence-electron chi connectivity index (χ4n) is 1.75. The summed E-state index contributed by atoms with van der Waals surface area (Å²) in [5.41, 5.74) is 0.774. The molecule has 1 N–H and O–H groups in total. The van der Waals surface area contributed by atoms with Gasteiger partial charge in [-0.25, -0.2) is 4.39 Å². The van der Waals surface area contributed by atoms with E-state index in [4.69, 9.17) is 28.5 Å². The topological polar surface area (TPSA) is 52.9 Å². The van der Waals surface area contributed by atoms with Crippen molar-refractivity contribution < 1.29 is 9.18 Å². The quantitative estimate of drug-likeness (QED) is 0.921. The lowest BCUT2D eigenvalue weighted by atomic mass is 10.1. The second-order valence-corrected chi connectivity index (χ2v) is 5.05. The van der Waals surface area contributed by atoms with Gasteiger partial charge < -0.3 is 5.32 Å². The summed E-state index contributed by atoms with van der Waals surface area (Å²) in [6.45, 7) is 0. The molecule has 0 bridgehead atoms. The van der Waals surface area contributed by atoms with Crippen LogP contribution in [0.1, 0.15) is 11.1 Å². The number of nitrogens with one attached hydrogen (secondary N) is 1. The van der Waals surface area contributed by atoms with Gasteiger partial charge in [0.15, 0.2) is 0 Å². The van der Waals surface area contributed by atoms with E-state index in [1.165, 1.54) is 36.4 Å². The maximum Gasteiger partial charge on any atom is 0.229 e. The number of carbonyl (C=O) groups is 1. The number of halogens is 3. The van der Waals surface area contributed by atoms with Crippen molar-refractivity contribution in [3.63, 3.8) is 0 Å². The highest BCUT2D eigenvalue weighted by Gasteiger charge is 2.13. The van der Waals surface area contributed by atoms with E-state index in [2.05, 4.69) is 5.32 Å². The molecule has 0 aromatic heterocycles. The van der Waals surface area contributed by atoms with E-state index in [-0.39, 0.29) is 17.0 Å². The van der Waals surface area contributed by atoms with Gasteiger partial charge in [-0.2, -0.15) is 5.26 Å². The van der Waals surface area contributed by atoms with Gasteiger partial charge in [0.2, 0.25) is 5.91 Å². The van der Waals surface area contributed by atoms with Crippen LogP contribution >= 0.6 is 23.2 Å². The molecular formula is C15H9Cl2FN2O. The summed E-state index contributed by atoms with van der Waals surface area (Å²) in [5, 5.41) is 11.8. The van der Waals surface area contributed by atoms with Crippen molar-refractivity contribution in [1.82, 2.24) is 0 Å². The molecule has 0 fully saturated rings. The zero-order valence-corrected chi connectivity index (χ0v) is 12.2. The zero-order valence-electron chi connectivity index (χ0n) is 10.7. The standard InChI is InChI=1S/C15H9Cl2FN2O/c16-11-2-1-3-13(18)10(11)7-15(21)20-14-6-9(8-19)4-5-12(14)17/h1-6H,7H2,(H,20,21). The number of amides is 1. The van der Waals surface area contributed by atoms with Crippen LogP contribution < -0.4 is 5.32 Å². The van der Waals surface area contributed by atoms with Crippen LogP contribution in [0.25, 0.3) is 0 Å². The van der Waals surface area contributed by atoms with Crippen LogP contribution in [0.5, 0.6) is 0 Å². The summed E-state index contributed by atoms with van der Waals surface area (Å²) in [6, 6.07) is 10.6. The number of rotatable bonds is 3. The molecule has 2 rings (SSSR count). The Balaban J connectivity index is 2.18. The van der Waals surface area contributed by atoms with E-state index in [1.54, 1.807) is 0 Å². The van der Waals surface area contributed by atoms with Gasteiger partial charge in [0, 0.05) is 10.6 Å². The number of carbonyl (C=O) groups excluding carboxylic acids is 1. The lowest BCUT2D eigenvalue weighted by Gasteiger charge is -2.09. The Morgan fingerprint density at radius 2 is 2.00 bits per heavy atom. The first-order chi connectivity index (χ1) is 10.0. The zero-order chi connectivity index (χ0) is 15.4. The third-order valence-corrected chi connectivity index (χ3v) is 3.45. The lowest BCUT2D eigenvalue weighted by Crippen LogP contribution is -2.16. The second-order valence-electron chi connectivity index (χ2n) is 4.23. The molecule has 1 amide bonds. The number of anilines is 1. The fraction of sp³-hybridized carbons (Fsp3) is 0.0667. The van der Waals surface area contributed by atoms with E-state index in [0.717, 1.165) is 0 Å². The van der Waals surface area contributed by atoms with Crippen molar-refractivity contribution in [3.05, 3.63) is 63.4 Å². The fourth-order valence-corrected chi connectivity index (χ4v) is 2.14. The van der Waals surface area contributed by atoms with Gasteiger partial charge in [-0.15, -0.1) is 0 Å². The van der Waals surface area contributed by atoms with Crippen molar-refractivity contribution in [1.29, 1.82) is 5.26 Å². The predicted octanol–water partition coefficient (Wildman–Crippen LogP) is 4.19. The van der Waals surface area contributed by atoms with Crippen molar-refractivity contribution in [2.75, 3.05) is 5.32 Å². The third-order valence-electron chi connectivity index (χ3n) is 2.77. The van der Waals surface area contributed by atoms with Crippen LogP contribution in [-0.2, 0) is 11.2 Å². The molecule has 0 aliphatic heterocycles. The van der Waals surface area contributed by atoms with E-state index in [0.29, 0.717) is 16.3 Å². The summed E-state index contributed by atoms with van der Waals surface area (Å²) < 4.78 is 13.6. The first-order valence-corrected chi connectivity index (χ1v) is 6.69. The summed E-state index contributed by atoms with van der Waals surface area (Å²) in [4.78, 5) is 12.0. The molecule has 0 aliphatic carbocycles. The maximum absolute atomic E-state index is 13.6. The minimum atomic E-state index is -0.547. The van der Waals surface area contributed by atoms with E-state index >= 15 is 0 Å². The molecular weight excluding hydrogens is 314 g/mol. The van der Waals surface area contributed by atoms with Gasteiger partial charge in [0.1, 0.15) is 5.82 Å². The molecule has 0 heterocycles. The highest BCUT2D eigenvalue weighted by molar-refractivity contribution is 6.34. The molecule has 0 unspecified atom stereocenters. The van der Waals surface area contributed by atoms with Crippen LogP contribution in [0.2, 0.25) is 10.0 Å². The molecule has 0 spiro atoms. The number of nitrogens with zero attached hydrogens (tertiary/aromatic N) is 1. The minimum absolute atomic E-state index is 0.115. The van der Waals surface area contributed by atoms with E-state index < -0.39 is 11.7 Å². The summed E-state index contributed by atoms with van der Waals surface area (Å²) >= 11 is 11.8. The van der Waals surface area contributed by atoms with Crippen LogP contribution in [0.3, 0.4) is 0 Å². The van der Waals surface area contributed by atoms with Crippen molar-refractivity contribution in [2.24, 2.45) is 0 Å². The van der Waals surface area contributed by atoms with Crippen LogP contribution in [0, 0.1) is 17.1 Å². The van der Waals surface area contributed by atoms with Gasteiger partial charge >= 0.3 is 0 Å². The first-order valence-electron chi connectivity index (χ1n) is 5.93. The number of benzene rings is 2. The smallest absolute Gasteiger partial charge is 0.229 e. The molecule has 3 nitrogen and oxygen atoms in total. The van der Waals surface area contributed by atoms with Crippen LogP contribution in [-0.4, -0.2) is 5.91 Å². The number of hydrogen-bond acceptors (Lipinski definition) is 2. The molecule has 6 heteroatoms. The highest BCUT2D eigenvalue weighted by Crippen LogP contribution is 2.24. The van der Waals surface area contributed by atoms with Crippen molar-refractivity contribution in [2.45, 2.75) is 6.42 Å². The molecule has 0 atom stereocenters. The highest BCUT2D eigenvalue weighted by atomic mass is 35.5. The Kier molecular flexibility index (Phi) is 4.79. The maximum atomic E-state index is 13.6. The molecule has 0 aliphatic rings. The van der Waals surface area contributed by atoms with Gasteiger partial charge in [0.05, 0.1) is 28.8 Å². The minimum Gasteiger partial charge on any atom is -0.324 e. The second kappa shape index (κ2) is 6.57. The molecule has 106 valence electrons. The van der Waals surface area contributed by atoms with Crippen molar-refractivity contribution in [3.8, 4) is 6.07 Å². The Morgan fingerprint density at radius 3 is 2.67 bits per heavy atom. The van der Waals surface area contributed by atoms with E-state index in [1.807, 2.05) is 6.07 Å². The monoisotopic (exact) mass is 322 g/mol. The third kappa shape index (κ3) is 3.72. The number of hydrogen-bond donors (Lipinski definition) is 1. The Hall–Kier alpha value is -2.09. The average Bonchev–Trinajstić information content (AvgIpc) is 2.45. The normalized spacial score (nSPS) is 10.0. The van der Waals surface area contributed by atoms with Crippen LogP contribution in [0.4, 0.5) is 10.1 Å². The Morgan fingerprint density at radius 1 is 1.24 bits per heavy atom. The van der Waals surface area contributed by atoms with Gasteiger partial charge in [0.25, 0.3) is 0 Å². The SMILES string of the molecule is N#Cc1ccc(Cl)c(NC(=O)Cc2c(F)cccc2Cl)c1. The summed E-state index contributed by atoms with van der Waals surface area (Å²) in [5.74, 6) is -1.02. The van der Waals surface area contributed by atoms with Gasteiger partial charge in [-0.1, -0.05) is 29.3 Å². The first kappa shape index (κ1) is 15.3. The average molecular weight is 323 g/mol. The largest absolute Gasteiger partial charge is 0.324 e.